The van der Waals surface area contributed by atoms with Crippen molar-refractivity contribution in [1.82, 2.24) is 10.6 Å². The van der Waals surface area contributed by atoms with Gasteiger partial charge in [0.05, 0.1) is 20.1 Å². The van der Waals surface area contributed by atoms with Gasteiger partial charge in [0.1, 0.15) is 16.9 Å². The number of amides is 1. The lowest BCUT2D eigenvalue weighted by molar-refractivity contribution is -0.120. The summed E-state index contributed by atoms with van der Waals surface area (Å²) in [7, 11) is 4.89. The fraction of sp³-hybridized carbons (Fsp3) is 0.400. The number of ether oxygens (including phenoxy) is 2. The lowest BCUT2D eigenvalue weighted by atomic mass is 9.99. The molecule has 118 valence electrons. The Bertz CT molecular complexity index is 703. The first-order valence-electron chi connectivity index (χ1n) is 6.91. The Morgan fingerprint density at radius 1 is 1.32 bits per heavy atom. The lowest BCUT2D eigenvalue weighted by Crippen LogP contribution is -2.38. The van der Waals surface area contributed by atoms with Crippen LogP contribution in [-0.4, -0.2) is 38.8 Å². The third-order valence-electron chi connectivity index (χ3n) is 3.45. The molecule has 0 radical (unpaired) electrons. The van der Waals surface area contributed by atoms with Gasteiger partial charge in [0.15, 0.2) is 5.11 Å². The number of hydrogen-bond acceptors (Lipinski definition) is 4. The Hall–Kier alpha value is -2.15. The first-order chi connectivity index (χ1) is 10.6. The molecule has 1 aromatic rings. The molecule has 6 nitrogen and oxygen atoms in total. The molecule has 22 heavy (non-hydrogen) atoms. The first kappa shape index (κ1) is 16.2. The Labute approximate surface area is 134 Å². The average molecular weight is 321 g/mol. The topological polar surface area (TPSA) is 71.9 Å². The van der Waals surface area contributed by atoms with E-state index in [0.717, 1.165) is 5.22 Å². The molecule has 0 aromatic heterocycles. The van der Waals surface area contributed by atoms with Crippen molar-refractivity contribution < 1.29 is 14.3 Å². The molecule has 1 heterocycles. The van der Waals surface area contributed by atoms with Crippen molar-refractivity contribution in [2.45, 2.75) is 6.42 Å². The Morgan fingerprint density at radius 3 is 2.64 bits per heavy atom. The van der Waals surface area contributed by atoms with E-state index >= 15 is 0 Å². The maximum absolute atomic E-state index is 12.2. The standard InChI is InChI=1S/C15H19N3O3S/c1-16-15(22)17-7-6-9-8-10-11(20-2)4-5-12(21-3)13(10)18-14(9)19/h4-5,8-9H,6-7H2,1-3H3,(H2,16,17,22). The Morgan fingerprint density at radius 2 is 2.00 bits per heavy atom. The molecule has 1 amide bonds. The summed E-state index contributed by atoms with van der Waals surface area (Å²) in [6.45, 7) is 0.587. The Kier molecular flexibility index (Phi) is 5.32. The van der Waals surface area contributed by atoms with Crippen molar-refractivity contribution in [2.24, 2.45) is 10.9 Å². The Balaban J connectivity index is 2.30. The third kappa shape index (κ3) is 3.36. The minimum absolute atomic E-state index is 0.184. The first-order valence-corrected chi connectivity index (χ1v) is 7.32. The van der Waals surface area contributed by atoms with E-state index in [0.29, 0.717) is 34.9 Å². The SMILES string of the molecule is CNC(=S)NCCC1C=c2c(OC)ccc(OC)c2=NC1=O. The largest absolute Gasteiger partial charge is 0.496 e. The molecule has 0 bridgehead atoms. The van der Waals surface area contributed by atoms with Crippen molar-refractivity contribution in [3.8, 4) is 11.5 Å². The molecule has 0 saturated heterocycles. The maximum atomic E-state index is 12.2. The predicted octanol–water partition coefficient (Wildman–Crippen LogP) is -0.256. The van der Waals surface area contributed by atoms with E-state index < -0.39 is 0 Å². The molecule has 0 spiro atoms. The van der Waals surface area contributed by atoms with Crippen molar-refractivity contribution in [1.29, 1.82) is 0 Å². The van der Waals surface area contributed by atoms with Crippen LogP contribution in [0.2, 0.25) is 0 Å². The fourth-order valence-electron chi connectivity index (χ4n) is 2.29. The molecule has 1 unspecified atom stereocenters. The summed E-state index contributed by atoms with van der Waals surface area (Å²) in [6, 6.07) is 3.56. The van der Waals surface area contributed by atoms with Gasteiger partial charge in [-0.05, 0) is 30.8 Å². The number of nitrogens with one attached hydrogen (secondary N) is 2. The smallest absolute Gasteiger partial charge is 0.253 e. The van der Waals surface area contributed by atoms with Gasteiger partial charge in [-0.2, -0.15) is 0 Å². The highest BCUT2D eigenvalue weighted by atomic mass is 32.1. The molecule has 0 saturated carbocycles. The molecule has 0 fully saturated rings. The molecule has 2 rings (SSSR count). The number of hydrogen-bond donors (Lipinski definition) is 2. The van der Waals surface area contributed by atoms with Gasteiger partial charge in [0.2, 0.25) is 0 Å². The van der Waals surface area contributed by atoms with Crippen LogP contribution in [0, 0.1) is 5.92 Å². The summed E-state index contributed by atoms with van der Waals surface area (Å²) in [6.07, 6.45) is 2.49. The quantitative estimate of drug-likeness (QED) is 0.729. The number of carbonyl (C=O) groups excluding carboxylic acids is 1. The zero-order valence-corrected chi connectivity index (χ0v) is 13.6. The van der Waals surface area contributed by atoms with Crippen molar-refractivity contribution >= 4 is 29.3 Å². The van der Waals surface area contributed by atoms with E-state index in [1.54, 1.807) is 27.3 Å². The lowest BCUT2D eigenvalue weighted by Gasteiger charge is -2.15. The highest BCUT2D eigenvalue weighted by Gasteiger charge is 2.21. The van der Waals surface area contributed by atoms with Crippen LogP contribution < -0.4 is 30.7 Å². The van der Waals surface area contributed by atoms with Gasteiger partial charge in [-0.3, -0.25) is 4.79 Å². The van der Waals surface area contributed by atoms with Gasteiger partial charge in [-0.25, -0.2) is 4.99 Å². The van der Waals surface area contributed by atoms with Crippen LogP contribution in [0.25, 0.3) is 6.08 Å². The number of nitrogens with zero attached hydrogens (tertiary/aromatic N) is 1. The van der Waals surface area contributed by atoms with Crippen LogP contribution in [-0.2, 0) is 4.79 Å². The molecule has 1 aliphatic rings. The third-order valence-corrected chi connectivity index (χ3v) is 3.80. The van der Waals surface area contributed by atoms with Crippen LogP contribution in [0.3, 0.4) is 0 Å². The molecule has 1 aromatic carbocycles. The van der Waals surface area contributed by atoms with Crippen molar-refractivity contribution in [2.75, 3.05) is 27.8 Å². The zero-order valence-electron chi connectivity index (χ0n) is 12.8. The summed E-state index contributed by atoms with van der Waals surface area (Å²) < 4.78 is 10.6. The van der Waals surface area contributed by atoms with Crippen LogP contribution in [0.1, 0.15) is 6.42 Å². The molecule has 1 aliphatic heterocycles. The highest BCUT2D eigenvalue weighted by molar-refractivity contribution is 7.80. The van der Waals surface area contributed by atoms with Crippen LogP contribution >= 0.6 is 12.2 Å². The number of benzene rings is 1. The summed E-state index contributed by atoms with van der Waals surface area (Å²) in [4.78, 5) is 16.4. The minimum Gasteiger partial charge on any atom is -0.496 e. The second-order valence-electron chi connectivity index (χ2n) is 4.75. The average Bonchev–Trinajstić information content (AvgIpc) is 2.54. The number of thiocarbonyl (C=S) groups is 1. The summed E-state index contributed by atoms with van der Waals surface area (Å²) in [5.74, 6) is 0.751. The van der Waals surface area contributed by atoms with E-state index in [2.05, 4.69) is 15.6 Å². The van der Waals surface area contributed by atoms with E-state index in [4.69, 9.17) is 21.7 Å². The zero-order chi connectivity index (χ0) is 16.1. The maximum Gasteiger partial charge on any atom is 0.253 e. The van der Waals surface area contributed by atoms with Crippen LogP contribution in [0.4, 0.5) is 0 Å². The van der Waals surface area contributed by atoms with Crippen LogP contribution in [0.15, 0.2) is 17.1 Å². The van der Waals surface area contributed by atoms with Gasteiger partial charge in [-0.15, -0.1) is 0 Å². The summed E-state index contributed by atoms with van der Waals surface area (Å²) >= 11 is 5.01. The number of methoxy groups -OCH3 is 2. The van der Waals surface area contributed by atoms with Gasteiger partial charge >= 0.3 is 0 Å². The monoisotopic (exact) mass is 321 g/mol. The fourth-order valence-corrected chi connectivity index (χ4v) is 2.39. The van der Waals surface area contributed by atoms with Crippen LogP contribution in [0.5, 0.6) is 11.5 Å². The van der Waals surface area contributed by atoms with Gasteiger partial charge < -0.3 is 20.1 Å². The second-order valence-corrected chi connectivity index (χ2v) is 5.16. The minimum atomic E-state index is -0.305. The molecule has 2 N–H and O–H groups in total. The molecule has 0 aliphatic carbocycles. The van der Waals surface area contributed by atoms with Gasteiger partial charge in [-0.1, -0.05) is 6.08 Å². The van der Waals surface area contributed by atoms with E-state index in [1.807, 2.05) is 12.1 Å². The molecule has 1 atom stereocenters. The molecular weight excluding hydrogens is 302 g/mol. The second kappa shape index (κ2) is 7.22. The molecular formula is C15H19N3O3S. The van der Waals surface area contributed by atoms with Gasteiger partial charge in [0, 0.05) is 18.8 Å². The number of fused-ring (bicyclic) bond motifs is 1. The summed E-state index contributed by atoms with van der Waals surface area (Å²) in [5.41, 5.74) is 0. The highest BCUT2D eigenvalue weighted by Crippen LogP contribution is 2.14. The van der Waals surface area contributed by atoms with Crippen molar-refractivity contribution in [3.05, 3.63) is 22.7 Å². The van der Waals surface area contributed by atoms with Gasteiger partial charge in [0.25, 0.3) is 5.91 Å². The summed E-state index contributed by atoms with van der Waals surface area (Å²) in [5, 5.41) is 7.73. The van der Waals surface area contributed by atoms with E-state index in [-0.39, 0.29) is 11.8 Å². The normalized spacial score (nSPS) is 16.0. The molecule has 7 heteroatoms. The number of rotatable bonds is 5. The van der Waals surface area contributed by atoms with E-state index in [9.17, 15) is 4.79 Å². The van der Waals surface area contributed by atoms with E-state index in [1.165, 1.54) is 0 Å². The predicted molar refractivity (Wildman–Crippen MR) is 87.6 cm³/mol. The number of carbonyl (C=O) groups is 1. The van der Waals surface area contributed by atoms with Crippen molar-refractivity contribution in [3.63, 3.8) is 0 Å².